The van der Waals surface area contributed by atoms with E-state index in [2.05, 4.69) is 4.98 Å². The number of nitrogens with zero attached hydrogens (tertiary/aromatic N) is 2. The van der Waals surface area contributed by atoms with Crippen LogP contribution in [0.2, 0.25) is 0 Å². The van der Waals surface area contributed by atoms with Gasteiger partial charge in [-0.1, -0.05) is 11.3 Å². The molecule has 0 aliphatic carbocycles. The first kappa shape index (κ1) is 12.0. The van der Waals surface area contributed by atoms with Crippen LogP contribution in [0.1, 0.15) is 36.1 Å². The number of hydrogen-bond acceptors (Lipinski definition) is 4. The third-order valence-electron chi connectivity index (χ3n) is 2.23. The molecule has 1 amide bonds. The van der Waals surface area contributed by atoms with Crippen molar-refractivity contribution in [1.29, 1.82) is 0 Å². The molecule has 2 N–H and O–H groups in total. The number of carbonyl (C=O) groups is 1. The summed E-state index contributed by atoms with van der Waals surface area (Å²) in [5.41, 5.74) is 6.30. The minimum atomic E-state index is 0.0270. The van der Waals surface area contributed by atoms with Crippen molar-refractivity contribution in [3.63, 3.8) is 0 Å². The average Bonchev–Trinajstić information content (AvgIpc) is 2.45. The molecule has 1 rings (SSSR count). The van der Waals surface area contributed by atoms with Crippen LogP contribution in [0.4, 0.5) is 5.13 Å². The molecule has 0 aliphatic rings. The van der Waals surface area contributed by atoms with E-state index in [1.165, 1.54) is 11.3 Å². The largest absolute Gasteiger partial charge is 0.375 e. The highest BCUT2D eigenvalue weighted by Crippen LogP contribution is 2.22. The maximum absolute atomic E-state index is 12.1. The molecule has 15 heavy (non-hydrogen) atoms. The highest BCUT2D eigenvalue weighted by Gasteiger charge is 2.21. The summed E-state index contributed by atoms with van der Waals surface area (Å²) in [5.74, 6) is 0.0270. The van der Waals surface area contributed by atoms with Crippen LogP contribution in [0.3, 0.4) is 0 Å². The number of thiazole rings is 1. The summed E-state index contributed by atoms with van der Waals surface area (Å²) in [6.45, 7) is 8.49. The molecule has 0 fully saturated rings. The maximum Gasteiger partial charge on any atom is 0.266 e. The Balaban J connectivity index is 2.97. The molecule has 1 heterocycles. The van der Waals surface area contributed by atoms with E-state index in [0.717, 1.165) is 5.69 Å². The molecular weight excluding hydrogens is 210 g/mol. The van der Waals surface area contributed by atoms with E-state index in [9.17, 15) is 4.79 Å². The zero-order chi connectivity index (χ0) is 11.6. The van der Waals surface area contributed by atoms with Gasteiger partial charge >= 0.3 is 0 Å². The van der Waals surface area contributed by atoms with Crippen molar-refractivity contribution in [2.24, 2.45) is 0 Å². The lowest BCUT2D eigenvalue weighted by atomic mass is 10.2. The van der Waals surface area contributed by atoms with Gasteiger partial charge in [-0.3, -0.25) is 4.79 Å². The zero-order valence-electron chi connectivity index (χ0n) is 9.57. The Morgan fingerprint density at radius 1 is 1.60 bits per heavy atom. The summed E-state index contributed by atoms with van der Waals surface area (Å²) >= 11 is 1.26. The first-order valence-corrected chi connectivity index (χ1v) is 5.82. The topological polar surface area (TPSA) is 59.2 Å². The smallest absolute Gasteiger partial charge is 0.266 e. The highest BCUT2D eigenvalue weighted by molar-refractivity contribution is 7.17. The third kappa shape index (κ3) is 2.47. The van der Waals surface area contributed by atoms with Gasteiger partial charge in [0.2, 0.25) is 0 Å². The minimum absolute atomic E-state index is 0.0270. The molecular formula is C10H17N3OS. The fourth-order valence-corrected chi connectivity index (χ4v) is 2.28. The first-order chi connectivity index (χ1) is 6.97. The molecule has 0 radical (unpaired) electrons. The van der Waals surface area contributed by atoms with Gasteiger partial charge in [-0.05, 0) is 27.7 Å². The summed E-state index contributed by atoms with van der Waals surface area (Å²) in [4.78, 5) is 18.6. The number of aryl methyl sites for hydroxylation is 1. The molecule has 0 aromatic carbocycles. The van der Waals surface area contributed by atoms with Crippen LogP contribution in [0.5, 0.6) is 0 Å². The summed E-state index contributed by atoms with van der Waals surface area (Å²) in [5, 5.41) is 0.454. The van der Waals surface area contributed by atoms with Gasteiger partial charge in [0.05, 0.1) is 5.69 Å². The number of rotatable bonds is 3. The number of hydrogen-bond donors (Lipinski definition) is 1. The van der Waals surface area contributed by atoms with E-state index < -0.39 is 0 Å². The Bertz CT molecular complexity index is 360. The van der Waals surface area contributed by atoms with Gasteiger partial charge in [-0.15, -0.1) is 0 Å². The monoisotopic (exact) mass is 227 g/mol. The van der Waals surface area contributed by atoms with Gasteiger partial charge in [0.15, 0.2) is 5.13 Å². The number of amides is 1. The summed E-state index contributed by atoms with van der Waals surface area (Å²) in [6, 6.07) is 0.199. The van der Waals surface area contributed by atoms with Crippen LogP contribution in [0.15, 0.2) is 0 Å². The lowest BCUT2D eigenvalue weighted by Gasteiger charge is -2.24. The van der Waals surface area contributed by atoms with Crippen molar-refractivity contribution in [2.75, 3.05) is 12.3 Å². The average molecular weight is 227 g/mol. The van der Waals surface area contributed by atoms with Crippen LogP contribution < -0.4 is 5.73 Å². The second kappa shape index (κ2) is 4.61. The fraction of sp³-hybridized carbons (Fsp3) is 0.600. The summed E-state index contributed by atoms with van der Waals surface area (Å²) in [6.07, 6.45) is 0. The van der Waals surface area contributed by atoms with Crippen molar-refractivity contribution in [1.82, 2.24) is 9.88 Å². The number of anilines is 1. The van der Waals surface area contributed by atoms with Crippen molar-refractivity contribution in [3.05, 3.63) is 10.6 Å². The van der Waals surface area contributed by atoms with Crippen molar-refractivity contribution in [3.8, 4) is 0 Å². The number of nitrogen functional groups attached to an aromatic ring is 1. The van der Waals surface area contributed by atoms with Gasteiger partial charge in [-0.25, -0.2) is 4.98 Å². The summed E-state index contributed by atoms with van der Waals surface area (Å²) in [7, 11) is 0. The predicted octanol–water partition coefficient (Wildman–Crippen LogP) is 1.90. The van der Waals surface area contributed by atoms with Gasteiger partial charge in [0.1, 0.15) is 4.88 Å². The molecule has 0 saturated heterocycles. The molecule has 0 aliphatic heterocycles. The van der Waals surface area contributed by atoms with Crippen molar-refractivity contribution in [2.45, 2.75) is 33.7 Å². The highest BCUT2D eigenvalue weighted by atomic mass is 32.1. The van der Waals surface area contributed by atoms with E-state index >= 15 is 0 Å². The maximum atomic E-state index is 12.1. The van der Waals surface area contributed by atoms with E-state index in [-0.39, 0.29) is 11.9 Å². The Morgan fingerprint density at radius 3 is 2.53 bits per heavy atom. The molecule has 1 aromatic rings. The van der Waals surface area contributed by atoms with E-state index in [0.29, 0.717) is 16.6 Å². The van der Waals surface area contributed by atoms with Crippen LogP contribution >= 0.6 is 11.3 Å². The van der Waals surface area contributed by atoms with Crippen molar-refractivity contribution < 1.29 is 4.79 Å². The van der Waals surface area contributed by atoms with Gasteiger partial charge in [-0.2, -0.15) is 0 Å². The standard InChI is InChI=1S/C10H17N3OS/c1-5-13(6(2)3)9(14)8-7(4)12-10(11)15-8/h6H,5H2,1-4H3,(H2,11,12). The van der Waals surface area contributed by atoms with E-state index in [1.54, 1.807) is 4.90 Å². The molecule has 0 unspecified atom stereocenters. The summed E-state index contributed by atoms with van der Waals surface area (Å²) < 4.78 is 0. The second-order valence-electron chi connectivity index (χ2n) is 3.65. The van der Waals surface area contributed by atoms with Gasteiger partial charge in [0, 0.05) is 12.6 Å². The van der Waals surface area contributed by atoms with Crippen molar-refractivity contribution >= 4 is 22.4 Å². The van der Waals surface area contributed by atoms with Crippen LogP contribution in [0.25, 0.3) is 0 Å². The normalized spacial score (nSPS) is 10.7. The molecule has 0 saturated carbocycles. The quantitative estimate of drug-likeness (QED) is 0.858. The molecule has 5 heteroatoms. The lowest BCUT2D eigenvalue weighted by molar-refractivity contribution is 0.0721. The Labute approximate surface area is 94.1 Å². The molecule has 84 valence electrons. The number of nitrogens with two attached hydrogens (primary N) is 1. The SMILES string of the molecule is CCN(C(=O)c1sc(N)nc1C)C(C)C. The molecule has 1 aromatic heterocycles. The number of carbonyl (C=O) groups excluding carboxylic acids is 1. The Kier molecular flexibility index (Phi) is 3.68. The van der Waals surface area contributed by atoms with Crippen LogP contribution in [-0.4, -0.2) is 28.4 Å². The minimum Gasteiger partial charge on any atom is -0.375 e. The fourth-order valence-electron chi connectivity index (χ4n) is 1.49. The number of aromatic nitrogens is 1. The van der Waals surface area contributed by atoms with E-state index in [1.807, 2.05) is 27.7 Å². The Hall–Kier alpha value is -1.10. The molecule has 0 bridgehead atoms. The molecule has 0 spiro atoms. The van der Waals surface area contributed by atoms with Gasteiger partial charge in [0.25, 0.3) is 5.91 Å². The van der Waals surface area contributed by atoms with E-state index in [4.69, 9.17) is 5.73 Å². The first-order valence-electron chi connectivity index (χ1n) is 5.01. The third-order valence-corrected chi connectivity index (χ3v) is 3.21. The molecule has 0 atom stereocenters. The Morgan fingerprint density at radius 2 is 2.20 bits per heavy atom. The predicted molar refractivity (Wildman–Crippen MR) is 63.1 cm³/mol. The van der Waals surface area contributed by atoms with Crippen LogP contribution in [0, 0.1) is 6.92 Å². The lowest BCUT2D eigenvalue weighted by Crippen LogP contribution is -2.36. The zero-order valence-corrected chi connectivity index (χ0v) is 10.4. The second-order valence-corrected chi connectivity index (χ2v) is 4.68. The molecule has 4 nitrogen and oxygen atoms in total. The van der Waals surface area contributed by atoms with Gasteiger partial charge < -0.3 is 10.6 Å². The van der Waals surface area contributed by atoms with Crippen LogP contribution in [-0.2, 0) is 0 Å².